The molecule has 8 heteroatoms. The first-order valence-corrected chi connectivity index (χ1v) is 11.3. The SMILES string of the molecule is COc1ccc(CNC(=O)C2CCC3O/C(=C/c4ccc(Cl)cc4)C(=O)NC3C2)c(OC)c1. The Labute approximate surface area is 198 Å². The van der Waals surface area contributed by atoms with Crippen LogP contribution in [0.25, 0.3) is 6.08 Å². The lowest BCUT2D eigenvalue weighted by Crippen LogP contribution is -2.54. The van der Waals surface area contributed by atoms with Crippen molar-refractivity contribution in [2.45, 2.75) is 38.0 Å². The number of methoxy groups -OCH3 is 2. The van der Waals surface area contributed by atoms with Gasteiger partial charge in [-0.25, -0.2) is 0 Å². The number of amides is 2. The quantitative estimate of drug-likeness (QED) is 0.629. The van der Waals surface area contributed by atoms with Crippen LogP contribution in [0.3, 0.4) is 0 Å². The molecule has 2 aromatic rings. The van der Waals surface area contributed by atoms with Gasteiger partial charge in [-0.3, -0.25) is 9.59 Å². The number of ether oxygens (including phenoxy) is 3. The molecule has 2 amide bonds. The van der Waals surface area contributed by atoms with Crippen LogP contribution in [0, 0.1) is 5.92 Å². The molecule has 1 saturated heterocycles. The van der Waals surface area contributed by atoms with Gasteiger partial charge in [0.2, 0.25) is 5.91 Å². The lowest BCUT2D eigenvalue weighted by atomic mass is 9.82. The van der Waals surface area contributed by atoms with Crippen LogP contribution in [0.4, 0.5) is 0 Å². The summed E-state index contributed by atoms with van der Waals surface area (Å²) in [6.07, 6.45) is 3.48. The van der Waals surface area contributed by atoms with Crippen molar-refractivity contribution in [1.29, 1.82) is 0 Å². The molecule has 7 nitrogen and oxygen atoms in total. The monoisotopic (exact) mass is 470 g/mol. The predicted octanol–water partition coefficient (Wildman–Crippen LogP) is 3.70. The summed E-state index contributed by atoms with van der Waals surface area (Å²) in [5.74, 6) is 1.14. The molecule has 1 aliphatic heterocycles. The average Bonchev–Trinajstić information content (AvgIpc) is 2.83. The van der Waals surface area contributed by atoms with Crippen molar-refractivity contribution >= 4 is 29.5 Å². The van der Waals surface area contributed by atoms with E-state index in [1.807, 2.05) is 24.3 Å². The number of morpholine rings is 1. The number of rotatable bonds is 6. The minimum absolute atomic E-state index is 0.0388. The lowest BCUT2D eigenvalue weighted by Gasteiger charge is -2.39. The minimum Gasteiger partial charge on any atom is -0.497 e. The first-order chi connectivity index (χ1) is 16.0. The van der Waals surface area contributed by atoms with Crippen molar-refractivity contribution in [3.05, 3.63) is 64.4 Å². The molecule has 1 aliphatic carbocycles. The maximum absolute atomic E-state index is 12.8. The predicted molar refractivity (Wildman–Crippen MR) is 125 cm³/mol. The van der Waals surface area contributed by atoms with Crippen LogP contribution in [0.2, 0.25) is 5.02 Å². The summed E-state index contributed by atoms with van der Waals surface area (Å²) in [5, 5.41) is 6.65. The second-order valence-corrected chi connectivity index (χ2v) is 8.64. The van der Waals surface area contributed by atoms with Gasteiger partial charge in [-0.15, -0.1) is 0 Å². The molecule has 4 rings (SSSR count). The Morgan fingerprint density at radius 3 is 2.70 bits per heavy atom. The molecule has 2 aromatic carbocycles. The van der Waals surface area contributed by atoms with Crippen molar-refractivity contribution in [2.75, 3.05) is 14.2 Å². The number of hydrogen-bond acceptors (Lipinski definition) is 5. The molecule has 3 atom stereocenters. The van der Waals surface area contributed by atoms with E-state index in [0.29, 0.717) is 42.3 Å². The molecule has 0 radical (unpaired) electrons. The first kappa shape index (κ1) is 23.0. The van der Waals surface area contributed by atoms with Crippen molar-refractivity contribution in [2.24, 2.45) is 5.92 Å². The summed E-state index contributed by atoms with van der Waals surface area (Å²) in [5.41, 5.74) is 1.71. The third kappa shape index (κ3) is 5.42. The molecule has 0 aromatic heterocycles. The van der Waals surface area contributed by atoms with Crippen molar-refractivity contribution in [3.8, 4) is 11.5 Å². The van der Waals surface area contributed by atoms with E-state index in [9.17, 15) is 9.59 Å². The molecular weight excluding hydrogens is 444 g/mol. The summed E-state index contributed by atoms with van der Waals surface area (Å²) >= 11 is 5.92. The van der Waals surface area contributed by atoms with Crippen LogP contribution in [0.5, 0.6) is 11.5 Å². The molecule has 2 fully saturated rings. The zero-order chi connectivity index (χ0) is 23.4. The first-order valence-electron chi connectivity index (χ1n) is 10.9. The van der Waals surface area contributed by atoms with E-state index in [1.165, 1.54) is 0 Å². The van der Waals surface area contributed by atoms with Crippen LogP contribution in [-0.2, 0) is 20.9 Å². The summed E-state index contributed by atoms with van der Waals surface area (Å²) in [6.45, 7) is 0.355. The Morgan fingerprint density at radius 1 is 1.18 bits per heavy atom. The molecular formula is C25H27ClN2O5. The van der Waals surface area contributed by atoms with Gasteiger partial charge in [-0.2, -0.15) is 0 Å². The third-order valence-electron chi connectivity index (χ3n) is 6.09. The van der Waals surface area contributed by atoms with Gasteiger partial charge in [0.1, 0.15) is 17.6 Å². The number of hydrogen-bond donors (Lipinski definition) is 2. The lowest BCUT2D eigenvalue weighted by molar-refractivity contribution is -0.134. The number of benzene rings is 2. The van der Waals surface area contributed by atoms with Gasteiger partial charge < -0.3 is 24.8 Å². The van der Waals surface area contributed by atoms with E-state index in [2.05, 4.69) is 10.6 Å². The second kappa shape index (κ2) is 10.2. The standard InChI is InChI=1S/C25H27ClN2O5/c1-31-19-9-5-17(22(13-19)32-2)14-27-24(29)16-6-10-21-20(12-16)28-25(30)23(33-21)11-15-3-7-18(26)8-4-15/h3-5,7-9,11,13,16,20-21H,6,10,12,14H2,1-2H3,(H,27,29)(H,28,30)/b23-11+. The fourth-order valence-electron chi connectivity index (χ4n) is 4.26. The van der Waals surface area contributed by atoms with Gasteiger partial charge in [0.05, 0.1) is 20.3 Å². The summed E-state index contributed by atoms with van der Waals surface area (Å²) < 4.78 is 16.6. The Hall–Kier alpha value is -3.19. The second-order valence-electron chi connectivity index (χ2n) is 8.20. The molecule has 3 unspecified atom stereocenters. The van der Waals surface area contributed by atoms with E-state index < -0.39 is 0 Å². The molecule has 2 aliphatic rings. The Kier molecular flexibility index (Phi) is 7.08. The molecule has 1 saturated carbocycles. The van der Waals surface area contributed by atoms with E-state index >= 15 is 0 Å². The molecule has 0 spiro atoms. The van der Waals surface area contributed by atoms with Gasteiger partial charge in [0, 0.05) is 29.1 Å². The van der Waals surface area contributed by atoms with Crippen molar-refractivity contribution in [3.63, 3.8) is 0 Å². The van der Waals surface area contributed by atoms with Crippen LogP contribution >= 0.6 is 11.6 Å². The number of carbonyl (C=O) groups excluding carboxylic acids is 2. The fraction of sp³-hybridized carbons (Fsp3) is 0.360. The number of nitrogens with one attached hydrogen (secondary N) is 2. The average molecular weight is 471 g/mol. The summed E-state index contributed by atoms with van der Waals surface area (Å²) in [6, 6.07) is 12.5. The summed E-state index contributed by atoms with van der Waals surface area (Å²) in [7, 11) is 3.18. The normalized spacial score (nSPS) is 23.2. The van der Waals surface area contributed by atoms with Crippen molar-refractivity contribution < 1.29 is 23.8 Å². The number of carbonyl (C=O) groups is 2. The highest BCUT2D eigenvalue weighted by Gasteiger charge is 2.40. The minimum atomic E-state index is -0.268. The molecule has 1 heterocycles. The largest absolute Gasteiger partial charge is 0.497 e. The summed E-state index contributed by atoms with van der Waals surface area (Å²) in [4.78, 5) is 25.4. The van der Waals surface area contributed by atoms with Crippen LogP contribution in [0.1, 0.15) is 30.4 Å². The highest BCUT2D eigenvalue weighted by atomic mass is 35.5. The number of halogens is 1. The van der Waals surface area contributed by atoms with E-state index in [-0.39, 0.29) is 35.6 Å². The van der Waals surface area contributed by atoms with Crippen LogP contribution < -0.4 is 20.1 Å². The topological polar surface area (TPSA) is 85.9 Å². The molecule has 33 heavy (non-hydrogen) atoms. The van der Waals surface area contributed by atoms with Crippen LogP contribution in [0.15, 0.2) is 48.2 Å². The molecule has 0 bridgehead atoms. The van der Waals surface area contributed by atoms with E-state index in [1.54, 1.807) is 38.5 Å². The third-order valence-corrected chi connectivity index (χ3v) is 6.34. The maximum Gasteiger partial charge on any atom is 0.286 e. The van der Waals surface area contributed by atoms with Gasteiger partial charge in [-0.1, -0.05) is 23.7 Å². The van der Waals surface area contributed by atoms with Crippen molar-refractivity contribution in [1.82, 2.24) is 10.6 Å². The van der Waals surface area contributed by atoms with Gasteiger partial charge in [0.15, 0.2) is 5.76 Å². The van der Waals surface area contributed by atoms with E-state index in [4.69, 9.17) is 25.8 Å². The van der Waals surface area contributed by atoms with Gasteiger partial charge >= 0.3 is 0 Å². The van der Waals surface area contributed by atoms with Crippen LogP contribution in [-0.4, -0.2) is 38.2 Å². The Balaban J connectivity index is 1.34. The maximum atomic E-state index is 12.8. The highest BCUT2D eigenvalue weighted by Crippen LogP contribution is 2.32. The Morgan fingerprint density at radius 2 is 1.97 bits per heavy atom. The molecule has 174 valence electrons. The van der Waals surface area contributed by atoms with Gasteiger partial charge in [-0.05, 0) is 55.2 Å². The molecule has 2 N–H and O–H groups in total. The van der Waals surface area contributed by atoms with Gasteiger partial charge in [0.25, 0.3) is 5.91 Å². The zero-order valence-electron chi connectivity index (χ0n) is 18.6. The highest BCUT2D eigenvalue weighted by molar-refractivity contribution is 6.30. The fourth-order valence-corrected chi connectivity index (χ4v) is 4.39. The Bertz CT molecular complexity index is 1050. The smallest absolute Gasteiger partial charge is 0.286 e. The zero-order valence-corrected chi connectivity index (χ0v) is 19.4. The van der Waals surface area contributed by atoms with E-state index in [0.717, 1.165) is 11.1 Å². The number of fused-ring (bicyclic) bond motifs is 1.